The van der Waals surface area contributed by atoms with Crippen molar-refractivity contribution in [2.24, 2.45) is 0 Å². The predicted molar refractivity (Wildman–Crippen MR) is 75.3 cm³/mol. The lowest BCUT2D eigenvalue weighted by Crippen LogP contribution is -2.14. The zero-order chi connectivity index (χ0) is 14.3. The number of hydrogen-bond donors (Lipinski definition) is 1. The number of benzene rings is 1. The number of hydrogen-bond acceptors (Lipinski definition) is 2. The van der Waals surface area contributed by atoms with Crippen LogP contribution in [0.5, 0.6) is 0 Å². The van der Waals surface area contributed by atoms with Gasteiger partial charge >= 0.3 is 0 Å². The maximum atomic E-state index is 13.1. The number of rotatable bonds is 2. The minimum Gasteiger partial charge on any atom is -0.293 e. The van der Waals surface area contributed by atoms with Crippen LogP contribution < -0.4 is 5.56 Å². The van der Waals surface area contributed by atoms with Crippen molar-refractivity contribution in [2.45, 2.75) is 20.3 Å². The molecule has 0 aliphatic carbocycles. The van der Waals surface area contributed by atoms with Crippen LogP contribution in [0.4, 0.5) is 4.39 Å². The average molecular weight is 271 g/mol. The van der Waals surface area contributed by atoms with Crippen LogP contribution in [0.2, 0.25) is 0 Å². The Morgan fingerprint density at radius 3 is 2.65 bits per heavy atom. The smallest absolute Gasteiger partial charge is 0.272 e. The van der Waals surface area contributed by atoms with Crippen molar-refractivity contribution in [3.05, 3.63) is 57.9 Å². The van der Waals surface area contributed by atoms with Crippen molar-refractivity contribution < 1.29 is 4.39 Å². The maximum Gasteiger partial charge on any atom is 0.272 e. The summed E-state index contributed by atoms with van der Waals surface area (Å²) < 4.78 is 14.5. The first-order valence-corrected chi connectivity index (χ1v) is 6.47. The van der Waals surface area contributed by atoms with Gasteiger partial charge in [-0.2, -0.15) is 0 Å². The fourth-order valence-electron chi connectivity index (χ4n) is 2.37. The van der Waals surface area contributed by atoms with Crippen LogP contribution in [0.3, 0.4) is 0 Å². The van der Waals surface area contributed by atoms with Crippen LogP contribution >= 0.6 is 0 Å². The molecule has 0 spiro atoms. The summed E-state index contributed by atoms with van der Waals surface area (Å²) >= 11 is 0. The van der Waals surface area contributed by atoms with Crippen LogP contribution in [0.1, 0.15) is 18.3 Å². The molecule has 0 unspecified atom stereocenters. The normalized spacial score (nSPS) is 11.2. The molecule has 0 radical (unpaired) electrons. The van der Waals surface area contributed by atoms with Gasteiger partial charge in [-0.1, -0.05) is 19.1 Å². The van der Waals surface area contributed by atoms with Crippen LogP contribution in [0.15, 0.2) is 35.1 Å². The van der Waals surface area contributed by atoms with Crippen molar-refractivity contribution in [1.29, 1.82) is 0 Å². The van der Waals surface area contributed by atoms with Gasteiger partial charge in [-0.25, -0.2) is 13.9 Å². The van der Waals surface area contributed by atoms with E-state index in [9.17, 15) is 9.18 Å². The zero-order valence-corrected chi connectivity index (χ0v) is 11.3. The quantitative estimate of drug-likeness (QED) is 0.779. The van der Waals surface area contributed by atoms with Crippen molar-refractivity contribution in [2.75, 3.05) is 0 Å². The molecule has 0 aliphatic rings. The number of fused-ring (bicyclic) bond motifs is 1. The monoisotopic (exact) mass is 271 g/mol. The van der Waals surface area contributed by atoms with Crippen LogP contribution in [-0.4, -0.2) is 14.6 Å². The van der Waals surface area contributed by atoms with E-state index in [1.54, 1.807) is 19.1 Å². The Morgan fingerprint density at radius 1 is 1.30 bits per heavy atom. The van der Waals surface area contributed by atoms with E-state index in [4.69, 9.17) is 0 Å². The number of aryl methyl sites for hydroxylation is 2. The summed E-state index contributed by atoms with van der Waals surface area (Å²) in [6.45, 7) is 3.78. The van der Waals surface area contributed by atoms with Gasteiger partial charge in [0, 0.05) is 23.0 Å². The molecule has 0 bridgehead atoms. The molecule has 0 saturated carbocycles. The number of halogens is 1. The molecular formula is C15H14FN3O. The van der Waals surface area contributed by atoms with Gasteiger partial charge in [0.05, 0.1) is 0 Å². The third-order valence-corrected chi connectivity index (χ3v) is 3.31. The Bertz CT molecular complexity index is 831. The molecule has 4 nitrogen and oxygen atoms in total. The summed E-state index contributed by atoms with van der Waals surface area (Å²) in [5.41, 5.74) is 3.72. The minimum atomic E-state index is -0.284. The second-order valence-electron chi connectivity index (χ2n) is 4.72. The van der Waals surface area contributed by atoms with Gasteiger partial charge < -0.3 is 0 Å². The van der Waals surface area contributed by atoms with Gasteiger partial charge in [-0.05, 0) is 31.0 Å². The molecule has 3 aromatic rings. The fourth-order valence-corrected chi connectivity index (χ4v) is 2.37. The van der Waals surface area contributed by atoms with Crippen molar-refractivity contribution in [1.82, 2.24) is 14.6 Å². The number of aromatic nitrogens is 3. The lowest BCUT2D eigenvalue weighted by atomic mass is 10.0. The summed E-state index contributed by atoms with van der Waals surface area (Å²) in [6, 6.07) is 7.70. The average Bonchev–Trinajstić information content (AvgIpc) is 2.78. The van der Waals surface area contributed by atoms with Gasteiger partial charge in [0.15, 0.2) is 5.65 Å². The van der Waals surface area contributed by atoms with E-state index < -0.39 is 0 Å². The van der Waals surface area contributed by atoms with Crippen LogP contribution in [0, 0.1) is 12.7 Å². The number of nitrogens with one attached hydrogen (secondary N) is 1. The van der Waals surface area contributed by atoms with Gasteiger partial charge in [0.1, 0.15) is 5.82 Å². The molecule has 0 fully saturated rings. The van der Waals surface area contributed by atoms with Crippen molar-refractivity contribution in [3.8, 4) is 11.1 Å². The topological polar surface area (TPSA) is 50.2 Å². The van der Waals surface area contributed by atoms with E-state index in [0.717, 1.165) is 23.2 Å². The summed E-state index contributed by atoms with van der Waals surface area (Å²) in [5.74, 6) is -0.284. The molecule has 1 N–H and O–H groups in total. The third kappa shape index (κ3) is 1.91. The zero-order valence-electron chi connectivity index (χ0n) is 11.3. The summed E-state index contributed by atoms with van der Waals surface area (Å²) in [4.78, 5) is 16.4. The third-order valence-electron chi connectivity index (χ3n) is 3.31. The highest BCUT2D eigenvalue weighted by Crippen LogP contribution is 2.27. The summed E-state index contributed by atoms with van der Waals surface area (Å²) in [7, 11) is 0. The highest BCUT2D eigenvalue weighted by Gasteiger charge is 2.15. The molecule has 0 aliphatic heterocycles. The number of nitrogens with zero attached hydrogens (tertiary/aromatic N) is 2. The van der Waals surface area contributed by atoms with E-state index >= 15 is 0 Å². The molecule has 5 heteroatoms. The van der Waals surface area contributed by atoms with Crippen molar-refractivity contribution >= 4 is 5.65 Å². The first kappa shape index (κ1) is 12.6. The Hall–Kier alpha value is -2.43. The molecule has 0 amide bonds. The molecular weight excluding hydrogens is 257 g/mol. The van der Waals surface area contributed by atoms with Gasteiger partial charge in [-0.3, -0.25) is 9.89 Å². The summed E-state index contributed by atoms with van der Waals surface area (Å²) in [6.07, 6.45) is 0.731. The molecule has 2 aromatic heterocycles. The standard InChI is InChI=1S/C15H14FN3O/c1-3-12-14(10-4-6-11(16)7-5-10)15-17-9(2)8-13(20)19(15)18-12/h4-8,18H,3H2,1-2H3. The van der Waals surface area contributed by atoms with E-state index in [1.165, 1.54) is 22.7 Å². The fraction of sp³-hybridized carbons (Fsp3) is 0.200. The van der Waals surface area contributed by atoms with E-state index in [-0.39, 0.29) is 11.4 Å². The second kappa shape index (κ2) is 4.59. The van der Waals surface area contributed by atoms with E-state index in [0.29, 0.717) is 11.3 Å². The van der Waals surface area contributed by atoms with Gasteiger partial charge in [0.2, 0.25) is 0 Å². The SMILES string of the molecule is CCc1[nH]n2c(=O)cc(C)nc2c1-c1ccc(F)cc1. The molecule has 0 atom stereocenters. The molecule has 0 saturated heterocycles. The first-order valence-electron chi connectivity index (χ1n) is 6.47. The Balaban J connectivity index is 2.38. The maximum absolute atomic E-state index is 13.1. The van der Waals surface area contributed by atoms with Crippen molar-refractivity contribution in [3.63, 3.8) is 0 Å². The Kier molecular flexibility index (Phi) is 2.89. The molecule has 3 rings (SSSR count). The van der Waals surface area contributed by atoms with Crippen LogP contribution in [0.25, 0.3) is 16.8 Å². The Labute approximate surface area is 114 Å². The first-order chi connectivity index (χ1) is 9.60. The summed E-state index contributed by atoms with van der Waals surface area (Å²) in [5, 5.41) is 3.07. The molecule has 1 aromatic carbocycles. The molecule has 2 heterocycles. The van der Waals surface area contributed by atoms with Gasteiger partial charge in [0.25, 0.3) is 5.56 Å². The van der Waals surface area contributed by atoms with Gasteiger partial charge in [-0.15, -0.1) is 0 Å². The Morgan fingerprint density at radius 2 is 2.00 bits per heavy atom. The highest BCUT2D eigenvalue weighted by atomic mass is 19.1. The number of H-pyrrole nitrogens is 1. The number of aromatic amines is 1. The highest BCUT2D eigenvalue weighted by molar-refractivity contribution is 5.79. The predicted octanol–water partition coefficient (Wildman–Crippen LogP) is 2.70. The van der Waals surface area contributed by atoms with E-state index in [1.807, 2.05) is 6.92 Å². The second-order valence-corrected chi connectivity index (χ2v) is 4.72. The largest absolute Gasteiger partial charge is 0.293 e. The van der Waals surface area contributed by atoms with E-state index in [2.05, 4.69) is 10.1 Å². The lowest BCUT2D eigenvalue weighted by molar-refractivity contribution is 0.628. The minimum absolute atomic E-state index is 0.143. The van der Waals surface area contributed by atoms with Crippen LogP contribution in [-0.2, 0) is 6.42 Å². The molecule has 20 heavy (non-hydrogen) atoms. The molecule has 102 valence electrons. The lowest BCUT2D eigenvalue weighted by Gasteiger charge is -2.02.